The van der Waals surface area contributed by atoms with Crippen LogP contribution in [-0.4, -0.2) is 33.8 Å². The van der Waals surface area contributed by atoms with Crippen LogP contribution < -0.4 is 16.2 Å². The van der Waals surface area contributed by atoms with Crippen molar-refractivity contribution in [2.75, 3.05) is 12.3 Å². The van der Waals surface area contributed by atoms with Gasteiger partial charge in [-0.2, -0.15) is 0 Å². The lowest BCUT2D eigenvalue weighted by atomic mass is 10.2. The van der Waals surface area contributed by atoms with E-state index in [4.69, 9.17) is 11.6 Å². The van der Waals surface area contributed by atoms with Gasteiger partial charge in [-0.15, -0.1) is 0 Å². The summed E-state index contributed by atoms with van der Waals surface area (Å²) in [6, 6.07) is 13.7. The van der Waals surface area contributed by atoms with E-state index in [0.717, 1.165) is 17.3 Å². The molecule has 0 fully saturated rings. The van der Waals surface area contributed by atoms with Gasteiger partial charge in [0.05, 0.1) is 23.2 Å². The molecule has 9 heteroatoms. The Labute approximate surface area is 176 Å². The lowest BCUT2D eigenvalue weighted by Crippen LogP contribution is -2.40. The van der Waals surface area contributed by atoms with E-state index in [1.165, 1.54) is 4.57 Å². The summed E-state index contributed by atoms with van der Waals surface area (Å²) in [6.07, 6.45) is 0. The smallest absolute Gasteiger partial charge is 0.321 e. The third-order valence-electron chi connectivity index (χ3n) is 4.04. The average Bonchev–Trinajstić information content (AvgIpc) is 2.70. The van der Waals surface area contributed by atoms with Crippen LogP contribution in [0.1, 0.15) is 12.5 Å². The summed E-state index contributed by atoms with van der Waals surface area (Å²) in [6.45, 7) is 2.39. The number of aromatic nitrogens is 2. The number of carbonyl (C=O) groups is 2. The Morgan fingerprint density at radius 1 is 1.14 bits per heavy atom. The zero-order chi connectivity index (χ0) is 20.8. The molecule has 0 spiro atoms. The summed E-state index contributed by atoms with van der Waals surface area (Å²) in [7, 11) is 0. The van der Waals surface area contributed by atoms with Gasteiger partial charge in [-0.3, -0.25) is 19.5 Å². The molecule has 3 aromatic rings. The maximum absolute atomic E-state index is 13.1. The first-order valence-corrected chi connectivity index (χ1v) is 10.3. The molecule has 2 N–H and O–H groups in total. The van der Waals surface area contributed by atoms with E-state index < -0.39 is 11.9 Å². The van der Waals surface area contributed by atoms with E-state index in [9.17, 15) is 14.4 Å². The lowest BCUT2D eigenvalue weighted by molar-refractivity contribution is -0.117. The predicted octanol–water partition coefficient (Wildman–Crippen LogP) is 3.04. The molecule has 29 heavy (non-hydrogen) atoms. The van der Waals surface area contributed by atoms with Gasteiger partial charge in [0.15, 0.2) is 5.16 Å². The van der Waals surface area contributed by atoms with Gasteiger partial charge in [0.2, 0.25) is 5.91 Å². The van der Waals surface area contributed by atoms with Gasteiger partial charge in [-0.05, 0) is 30.7 Å². The highest BCUT2D eigenvalue weighted by Gasteiger charge is 2.15. The van der Waals surface area contributed by atoms with Crippen LogP contribution in [-0.2, 0) is 11.3 Å². The summed E-state index contributed by atoms with van der Waals surface area (Å²) in [4.78, 5) is 41.2. The maximum atomic E-state index is 13.1. The van der Waals surface area contributed by atoms with Crippen LogP contribution in [0.2, 0.25) is 5.02 Å². The first kappa shape index (κ1) is 20.9. The quantitative estimate of drug-likeness (QED) is 0.463. The molecule has 0 unspecified atom stereocenters. The van der Waals surface area contributed by atoms with Crippen molar-refractivity contribution in [2.45, 2.75) is 18.6 Å². The fraction of sp³-hybridized carbons (Fsp3) is 0.200. The number of imide groups is 1. The number of carbonyl (C=O) groups excluding carboxylic acids is 2. The highest BCUT2D eigenvalue weighted by molar-refractivity contribution is 7.99. The number of thioether (sulfide) groups is 1. The molecule has 0 bridgehead atoms. The average molecular weight is 431 g/mol. The first-order valence-electron chi connectivity index (χ1n) is 8.93. The number of nitrogens with one attached hydrogen (secondary N) is 2. The lowest BCUT2D eigenvalue weighted by Gasteiger charge is -2.14. The van der Waals surface area contributed by atoms with Crippen molar-refractivity contribution in [3.63, 3.8) is 0 Å². The van der Waals surface area contributed by atoms with Crippen molar-refractivity contribution in [3.05, 3.63) is 69.5 Å². The number of urea groups is 1. The molecular formula is C20H19ClN4O3S. The standard InChI is InChI=1S/C20H19ClN4O3S/c1-2-22-19(28)24-17(26)12-29-20-23-16-10-6-4-8-14(16)18(27)25(20)11-13-7-3-5-9-15(13)21/h3-10H,2,11-12H2,1H3,(H2,22,24,26,28). The number of benzene rings is 2. The van der Waals surface area contributed by atoms with Crippen LogP contribution in [0.5, 0.6) is 0 Å². The molecule has 0 aliphatic rings. The van der Waals surface area contributed by atoms with Crippen LogP contribution in [0.4, 0.5) is 4.79 Å². The van der Waals surface area contributed by atoms with E-state index in [2.05, 4.69) is 15.6 Å². The molecule has 0 atom stereocenters. The number of halogens is 1. The molecule has 3 amide bonds. The Bertz CT molecular complexity index is 1120. The normalized spacial score (nSPS) is 10.7. The Hall–Kier alpha value is -2.84. The number of amides is 3. The van der Waals surface area contributed by atoms with Gasteiger partial charge >= 0.3 is 6.03 Å². The molecule has 0 radical (unpaired) electrons. The minimum Gasteiger partial charge on any atom is -0.338 e. The Morgan fingerprint density at radius 3 is 2.62 bits per heavy atom. The van der Waals surface area contributed by atoms with E-state index in [0.29, 0.717) is 27.6 Å². The Balaban J connectivity index is 1.92. The number of fused-ring (bicyclic) bond motifs is 1. The van der Waals surface area contributed by atoms with Crippen molar-refractivity contribution < 1.29 is 9.59 Å². The minimum atomic E-state index is -0.557. The molecule has 0 saturated heterocycles. The zero-order valence-corrected chi connectivity index (χ0v) is 17.2. The highest BCUT2D eigenvalue weighted by Crippen LogP contribution is 2.21. The van der Waals surface area contributed by atoms with Gasteiger partial charge < -0.3 is 5.32 Å². The molecule has 150 valence electrons. The van der Waals surface area contributed by atoms with Crippen molar-refractivity contribution in [1.82, 2.24) is 20.2 Å². The van der Waals surface area contributed by atoms with Crippen LogP contribution >= 0.6 is 23.4 Å². The summed E-state index contributed by atoms with van der Waals surface area (Å²) >= 11 is 7.35. The second-order valence-electron chi connectivity index (χ2n) is 6.09. The number of hydrogen-bond donors (Lipinski definition) is 2. The minimum absolute atomic E-state index is 0.0650. The molecular weight excluding hydrogens is 412 g/mol. The molecule has 7 nitrogen and oxygen atoms in total. The molecule has 3 rings (SSSR count). The molecule has 0 aliphatic carbocycles. The Kier molecular flexibility index (Phi) is 6.90. The fourth-order valence-electron chi connectivity index (χ4n) is 2.69. The molecule has 1 heterocycles. The molecule has 0 aliphatic heterocycles. The van der Waals surface area contributed by atoms with Crippen LogP contribution in [0.3, 0.4) is 0 Å². The monoisotopic (exact) mass is 430 g/mol. The van der Waals surface area contributed by atoms with Gasteiger partial charge in [-0.25, -0.2) is 9.78 Å². The second-order valence-corrected chi connectivity index (χ2v) is 7.44. The summed E-state index contributed by atoms with van der Waals surface area (Å²) in [5.74, 6) is -0.544. The molecule has 1 aromatic heterocycles. The number of hydrogen-bond acceptors (Lipinski definition) is 5. The van der Waals surface area contributed by atoms with Gasteiger partial charge in [0.25, 0.3) is 5.56 Å². The molecule has 2 aromatic carbocycles. The van der Waals surface area contributed by atoms with Crippen LogP contribution in [0.15, 0.2) is 58.5 Å². The van der Waals surface area contributed by atoms with Crippen molar-refractivity contribution in [1.29, 1.82) is 0 Å². The van der Waals surface area contributed by atoms with Crippen LogP contribution in [0, 0.1) is 0 Å². The fourth-order valence-corrected chi connectivity index (χ4v) is 3.69. The topological polar surface area (TPSA) is 93.1 Å². The number of nitrogens with zero attached hydrogens (tertiary/aromatic N) is 2. The van der Waals surface area contributed by atoms with Crippen molar-refractivity contribution >= 4 is 46.2 Å². The van der Waals surface area contributed by atoms with Gasteiger partial charge in [-0.1, -0.05) is 53.7 Å². The maximum Gasteiger partial charge on any atom is 0.321 e. The SMILES string of the molecule is CCNC(=O)NC(=O)CSc1nc2ccccc2c(=O)n1Cc1ccccc1Cl. The highest BCUT2D eigenvalue weighted by atomic mass is 35.5. The van der Waals surface area contributed by atoms with Crippen LogP contribution in [0.25, 0.3) is 10.9 Å². The number of rotatable bonds is 6. The van der Waals surface area contributed by atoms with Crippen molar-refractivity contribution in [2.24, 2.45) is 0 Å². The summed E-state index contributed by atoms with van der Waals surface area (Å²) < 4.78 is 1.49. The van der Waals surface area contributed by atoms with E-state index in [-0.39, 0.29) is 17.9 Å². The van der Waals surface area contributed by atoms with Gasteiger partial charge in [0, 0.05) is 11.6 Å². The van der Waals surface area contributed by atoms with E-state index in [1.54, 1.807) is 37.3 Å². The summed E-state index contributed by atoms with van der Waals surface area (Å²) in [5, 5.41) is 6.12. The number of para-hydroxylation sites is 1. The summed E-state index contributed by atoms with van der Waals surface area (Å²) in [5.41, 5.74) is 1.09. The molecule has 0 saturated carbocycles. The first-order chi connectivity index (χ1) is 14.0. The second kappa shape index (κ2) is 9.58. The predicted molar refractivity (Wildman–Crippen MR) is 114 cm³/mol. The van der Waals surface area contributed by atoms with Crippen molar-refractivity contribution in [3.8, 4) is 0 Å². The van der Waals surface area contributed by atoms with E-state index >= 15 is 0 Å². The Morgan fingerprint density at radius 2 is 1.86 bits per heavy atom. The van der Waals surface area contributed by atoms with Gasteiger partial charge in [0.1, 0.15) is 0 Å². The third kappa shape index (κ3) is 5.16. The largest absolute Gasteiger partial charge is 0.338 e. The zero-order valence-electron chi connectivity index (χ0n) is 15.6. The third-order valence-corrected chi connectivity index (χ3v) is 5.38. The van der Waals surface area contributed by atoms with E-state index in [1.807, 2.05) is 18.2 Å².